The molecule has 0 amide bonds. The minimum atomic E-state index is -1.75. The van der Waals surface area contributed by atoms with E-state index in [1.807, 2.05) is 13.8 Å². The van der Waals surface area contributed by atoms with E-state index in [-0.39, 0.29) is 64.8 Å². The number of thioether (sulfide) groups is 2. The minimum absolute atomic E-state index is 0. The number of aliphatic imine (C=N–C) groups is 2. The predicted octanol–water partition coefficient (Wildman–Crippen LogP) is -0.280. The topological polar surface area (TPSA) is 390 Å². The van der Waals surface area contributed by atoms with Crippen molar-refractivity contribution in [3.05, 3.63) is 61.3 Å². The fourth-order valence-electron chi connectivity index (χ4n) is 1.48. The molecule has 0 aromatic rings. The molecule has 0 unspecified atom stereocenters. The van der Waals surface area contributed by atoms with E-state index in [0.29, 0.717) is 0 Å². The quantitative estimate of drug-likeness (QED) is 0.0927. The molecule has 0 fully saturated rings. The molecule has 0 bridgehead atoms. The number of hydrogen-bond acceptors (Lipinski definition) is 20. The molecule has 2 heterocycles. The third-order valence-corrected chi connectivity index (χ3v) is 4.81. The van der Waals surface area contributed by atoms with Crippen LogP contribution in [0.1, 0.15) is 13.8 Å². The van der Waals surface area contributed by atoms with Gasteiger partial charge in [0.1, 0.15) is 10.1 Å². The van der Waals surface area contributed by atoms with Gasteiger partial charge in [0.05, 0.1) is 31.8 Å². The summed E-state index contributed by atoms with van der Waals surface area (Å²) < 4.78 is 0. The van der Waals surface area contributed by atoms with Crippen LogP contribution in [-0.4, -0.2) is 76.7 Å². The maximum absolute atomic E-state index is 8.25. The van der Waals surface area contributed by atoms with Gasteiger partial charge in [-0.3, -0.25) is 20.8 Å². The maximum Gasteiger partial charge on any atom is 2.00 e. The van der Waals surface area contributed by atoms with Gasteiger partial charge in [0, 0.05) is 24.6 Å². The standard InChI is InChI=1S/2C6H10N4S2.2Cd.4NO3/c2*1-4(9-10-6(7)11)5-8-2-3-12-5;;;4*2-1(3)4/h2*2-3H2,1H3,(H3,7,10,11);;;;;;/q;;2*+2;4*-1/b2*9-4+;;;;;;. The number of rotatable bonds is 4. The predicted molar refractivity (Wildman–Crippen MR) is 157 cm³/mol. The molecular weight excluding hydrogens is 857 g/mol. The van der Waals surface area contributed by atoms with Crippen molar-refractivity contribution in [2.45, 2.75) is 13.8 Å². The Morgan fingerprint density at radius 1 is 0.690 bits per heavy atom. The number of thiocarbonyl (C=S) groups is 2. The largest absolute Gasteiger partial charge is 2.00 e. The van der Waals surface area contributed by atoms with Crippen LogP contribution in [0.25, 0.3) is 0 Å². The van der Waals surface area contributed by atoms with Crippen LogP contribution >= 0.6 is 48.0 Å². The minimum Gasteiger partial charge on any atom is -0.375 e. The molecule has 42 heavy (non-hydrogen) atoms. The van der Waals surface area contributed by atoms with Crippen molar-refractivity contribution in [1.29, 1.82) is 0 Å². The molecule has 228 valence electrons. The SMILES string of the molecule is C/C(=N\NC(N)=S)C1=NCCS1.C/C(=N\NC(N)=S)C1=NCCS1.O=[N+]([O-])[O-].O=[N+]([O-])[O-].O=[N+]([O-])[O-].O=[N+]([O-])[O-].[Cd+2].[Cd+2]. The van der Waals surface area contributed by atoms with E-state index in [9.17, 15) is 0 Å². The molecule has 0 aliphatic carbocycles. The van der Waals surface area contributed by atoms with Crippen molar-refractivity contribution in [2.75, 3.05) is 24.6 Å². The Morgan fingerprint density at radius 2 is 0.905 bits per heavy atom. The Bertz CT molecular complexity index is 873. The maximum atomic E-state index is 8.25. The molecule has 0 atom stereocenters. The summed E-state index contributed by atoms with van der Waals surface area (Å²) in [6, 6.07) is 0. The normalized spacial score (nSPS) is 12.2. The van der Waals surface area contributed by atoms with Crippen molar-refractivity contribution in [1.82, 2.24) is 10.9 Å². The van der Waals surface area contributed by atoms with Crippen molar-refractivity contribution in [2.24, 2.45) is 31.7 Å². The molecule has 2 rings (SSSR count). The van der Waals surface area contributed by atoms with Crippen LogP contribution in [-0.2, 0) is 54.6 Å². The first-order valence-electron chi connectivity index (χ1n) is 9.14. The van der Waals surface area contributed by atoms with Gasteiger partial charge in [-0.05, 0) is 38.3 Å². The van der Waals surface area contributed by atoms with Gasteiger partial charge >= 0.3 is 54.6 Å². The molecule has 30 heteroatoms. The Labute approximate surface area is 294 Å². The van der Waals surface area contributed by atoms with E-state index >= 15 is 0 Å². The van der Waals surface area contributed by atoms with E-state index < -0.39 is 20.3 Å². The second-order valence-corrected chi connectivity index (χ2v) is 8.36. The summed E-state index contributed by atoms with van der Waals surface area (Å²) >= 11 is 12.6. The molecule has 0 saturated heterocycles. The van der Waals surface area contributed by atoms with Crippen molar-refractivity contribution >= 4 is 79.7 Å². The number of hydrogen-bond donors (Lipinski definition) is 4. The van der Waals surface area contributed by atoms with Crippen molar-refractivity contribution in [3.63, 3.8) is 0 Å². The average molecular weight is 877 g/mol. The molecule has 24 nitrogen and oxygen atoms in total. The summed E-state index contributed by atoms with van der Waals surface area (Å²) in [6.07, 6.45) is 0. The zero-order chi connectivity index (χ0) is 32.3. The van der Waals surface area contributed by atoms with Gasteiger partial charge in [0.15, 0.2) is 10.2 Å². The molecule has 2 aliphatic heterocycles. The van der Waals surface area contributed by atoms with Crippen LogP contribution in [0.15, 0.2) is 20.2 Å². The Kier molecular flexibility index (Phi) is 42.9. The fraction of sp³-hybridized carbons (Fsp3) is 0.500. The van der Waals surface area contributed by atoms with Gasteiger partial charge in [-0.1, -0.05) is 0 Å². The number of nitrogens with two attached hydrogens (primary N) is 2. The molecule has 6 N–H and O–H groups in total. The van der Waals surface area contributed by atoms with Crippen LogP contribution in [0.3, 0.4) is 0 Å². The molecule has 0 spiro atoms. The van der Waals surface area contributed by atoms with E-state index in [4.69, 9.17) is 72.8 Å². The molecule has 0 aromatic heterocycles. The average Bonchev–Trinajstić information content (AvgIpc) is 3.49. The second-order valence-electron chi connectivity index (χ2n) is 5.31. The third-order valence-electron chi connectivity index (χ3n) is 2.46. The number of nitrogens with one attached hydrogen (secondary N) is 2. The first-order valence-corrected chi connectivity index (χ1v) is 11.9. The van der Waals surface area contributed by atoms with Crippen LogP contribution in [0.5, 0.6) is 0 Å². The summed E-state index contributed by atoms with van der Waals surface area (Å²) in [5.41, 5.74) is 17.1. The van der Waals surface area contributed by atoms with Gasteiger partial charge in [0.2, 0.25) is 0 Å². The van der Waals surface area contributed by atoms with Crippen LogP contribution in [0.4, 0.5) is 0 Å². The number of nitrogens with zero attached hydrogens (tertiary/aromatic N) is 8. The Morgan fingerprint density at radius 3 is 1.05 bits per heavy atom. The fourth-order valence-corrected chi connectivity index (χ4v) is 3.20. The van der Waals surface area contributed by atoms with Crippen LogP contribution in [0, 0.1) is 61.3 Å². The monoisotopic (exact) mass is 880 g/mol. The van der Waals surface area contributed by atoms with E-state index in [1.165, 1.54) is 0 Å². The number of hydrazone groups is 2. The first-order chi connectivity index (χ1) is 18.3. The zero-order valence-electron chi connectivity index (χ0n) is 21.5. The summed E-state index contributed by atoms with van der Waals surface area (Å²) in [7, 11) is 0. The van der Waals surface area contributed by atoms with E-state index in [0.717, 1.165) is 46.1 Å². The Balaban J connectivity index is -0.000000100. The second kappa shape index (κ2) is 34.6. The first kappa shape index (κ1) is 52.1. The summed E-state index contributed by atoms with van der Waals surface area (Å²) in [5.74, 6) is 2.07. The summed E-state index contributed by atoms with van der Waals surface area (Å²) in [6.45, 7) is 5.50. The molecule has 0 radical (unpaired) electrons. The van der Waals surface area contributed by atoms with Gasteiger partial charge < -0.3 is 72.8 Å². The van der Waals surface area contributed by atoms with Gasteiger partial charge in [-0.2, -0.15) is 10.2 Å². The smallest absolute Gasteiger partial charge is 0.375 e. The molecule has 0 saturated carbocycles. The van der Waals surface area contributed by atoms with Crippen molar-refractivity contribution in [3.8, 4) is 0 Å². The molecular formula is C12H20Cd2N12O12S4. The third kappa shape index (κ3) is 57.3. The molecule has 0 aromatic carbocycles. The van der Waals surface area contributed by atoms with Crippen LogP contribution in [0.2, 0.25) is 0 Å². The van der Waals surface area contributed by atoms with Gasteiger partial charge in [0.25, 0.3) is 0 Å². The molecule has 2 aliphatic rings. The van der Waals surface area contributed by atoms with Gasteiger partial charge in [-0.25, -0.2) is 0 Å². The summed E-state index contributed by atoms with van der Waals surface area (Å²) in [5, 5.41) is 69.2. The van der Waals surface area contributed by atoms with E-state index in [2.05, 4.69) is 55.5 Å². The van der Waals surface area contributed by atoms with E-state index in [1.54, 1.807) is 23.5 Å². The van der Waals surface area contributed by atoms with Crippen molar-refractivity contribution < 1.29 is 74.9 Å². The Hall–Kier alpha value is -2.60. The van der Waals surface area contributed by atoms with Crippen LogP contribution < -0.4 is 22.3 Å². The zero-order valence-corrected chi connectivity index (χ0v) is 32.8. The summed E-state index contributed by atoms with van der Waals surface area (Å²) in [4.78, 5) is 41.5. The van der Waals surface area contributed by atoms with Gasteiger partial charge in [-0.15, -0.1) is 23.5 Å².